The first-order valence-electron chi connectivity index (χ1n) is 0.516. The van der Waals surface area contributed by atoms with Gasteiger partial charge in [0.25, 0.3) is 0 Å². The van der Waals surface area contributed by atoms with Crippen LogP contribution in [0.25, 0.3) is 0 Å². The Balaban J connectivity index is 0. The Morgan fingerprint density at radius 1 is 1.40 bits per heavy atom. The van der Waals surface area contributed by atoms with Crippen molar-refractivity contribution >= 4 is 11.0 Å². The summed E-state index contributed by atoms with van der Waals surface area (Å²) in [6.45, 7) is 0. The zero-order chi connectivity index (χ0) is 3.58. The van der Waals surface area contributed by atoms with Gasteiger partial charge in [-0.1, -0.05) is 0 Å². The van der Waals surface area contributed by atoms with Gasteiger partial charge >= 0.3 is 29.6 Å². The number of hydrogen-bond donors (Lipinski definition) is 1. The Labute approximate surface area is 53.4 Å². The van der Waals surface area contributed by atoms with Gasteiger partial charge in [-0.3, -0.25) is 0 Å². The van der Waals surface area contributed by atoms with Gasteiger partial charge in [-0.2, -0.15) is 0 Å². The molecule has 1 N–H and O–H groups in total. The van der Waals surface area contributed by atoms with Crippen molar-refractivity contribution in [1.82, 2.24) is 0 Å². The normalized spacial score (nSPS) is 6.80. The Morgan fingerprint density at radius 2 is 1.40 bits per heavy atom. The molecule has 0 rings (SSSR count). The molecule has 3 nitrogen and oxygen atoms in total. The van der Waals surface area contributed by atoms with Crippen molar-refractivity contribution in [3.8, 4) is 0 Å². The van der Waals surface area contributed by atoms with Gasteiger partial charge in [0, 0.05) is 11.0 Å². The predicted octanol–water partition coefficient (Wildman–Crippen LogP) is -3.23. The van der Waals surface area contributed by atoms with Crippen LogP contribution in [0.15, 0.2) is 0 Å². The standard InChI is InChI=1S/Na.HO3S/c;1-4(2)3/h;(H,1,2,3)/q+1;-1. The van der Waals surface area contributed by atoms with Gasteiger partial charge in [-0.15, -0.1) is 0 Å². The van der Waals surface area contributed by atoms with Crippen molar-refractivity contribution < 1.29 is 42.5 Å². The average molecular weight is 104 g/mol. The van der Waals surface area contributed by atoms with Gasteiger partial charge in [0.2, 0.25) is 0 Å². The van der Waals surface area contributed by atoms with E-state index in [9.17, 15) is 0 Å². The Bertz CT molecular complexity index is 55.3. The first-order valence-corrected chi connectivity index (χ1v) is 1.55. The summed E-state index contributed by atoms with van der Waals surface area (Å²) >= 11 is 0. The second-order valence-electron chi connectivity index (χ2n) is 0.217. The minimum atomic E-state index is -2.86. The molecular weight excluding hydrogens is 103 g/mol. The van der Waals surface area contributed by atoms with Crippen LogP contribution in [0.5, 0.6) is 0 Å². The molecule has 0 fully saturated rings. The molecule has 0 radical (unpaired) electrons. The van der Waals surface area contributed by atoms with E-state index in [1.54, 1.807) is 0 Å². The third-order valence-electron chi connectivity index (χ3n) is 0. The molecular formula is HNaO3S. The van der Waals surface area contributed by atoms with E-state index >= 15 is 0 Å². The van der Waals surface area contributed by atoms with Crippen LogP contribution in [0.2, 0.25) is 0 Å². The molecule has 0 amide bonds. The first kappa shape index (κ1) is 9.32. The monoisotopic (exact) mass is 104 g/mol. The molecule has 0 heterocycles. The van der Waals surface area contributed by atoms with E-state index in [1.807, 2.05) is 0 Å². The van der Waals surface area contributed by atoms with Gasteiger partial charge in [0.15, 0.2) is 0 Å². The van der Waals surface area contributed by atoms with E-state index in [4.69, 9.17) is 13.0 Å². The fourth-order valence-electron chi connectivity index (χ4n) is 0. The van der Waals surface area contributed by atoms with Crippen LogP contribution in [0, 0.1) is 0 Å². The quantitative estimate of drug-likeness (QED) is 0.152. The van der Waals surface area contributed by atoms with Gasteiger partial charge in [0.1, 0.15) is 0 Å². The van der Waals surface area contributed by atoms with E-state index in [1.165, 1.54) is 0 Å². The Kier molecular flexibility index (Phi) is 9.15. The molecule has 0 atom stereocenters. The Morgan fingerprint density at radius 3 is 1.40 bits per heavy atom. The second-order valence-corrected chi connectivity index (χ2v) is 0.651. The molecule has 0 aliphatic rings. The summed E-state index contributed by atoms with van der Waals surface area (Å²) in [6.07, 6.45) is 0. The molecule has 0 bridgehead atoms. The van der Waals surface area contributed by atoms with Crippen LogP contribution in [-0.2, 0) is 19.4 Å². The topological polar surface area (TPSA) is 54.4 Å². The van der Waals surface area contributed by atoms with Gasteiger partial charge in [0.05, 0.1) is 0 Å². The van der Waals surface area contributed by atoms with E-state index in [-0.39, 0.29) is 29.6 Å². The summed E-state index contributed by atoms with van der Waals surface area (Å²) in [6, 6.07) is 0. The molecule has 0 aromatic rings. The first-order chi connectivity index (χ1) is 1.73. The molecule has 5 heavy (non-hydrogen) atoms. The molecule has 5 heteroatoms. The molecule has 0 saturated carbocycles. The summed E-state index contributed by atoms with van der Waals surface area (Å²) in [5.74, 6) is 0. The maximum Gasteiger partial charge on any atom is 1.00 e. The molecule has 0 aliphatic heterocycles. The zero-order valence-corrected chi connectivity index (χ0v) is 5.49. The van der Waals surface area contributed by atoms with Crippen LogP contribution < -0.4 is 29.6 Å². The smallest absolute Gasteiger partial charge is 0.439 e. The molecule has 0 saturated heterocycles. The van der Waals surface area contributed by atoms with Gasteiger partial charge in [-0.25, -0.2) is 0 Å². The van der Waals surface area contributed by atoms with E-state index in [2.05, 4.69) is 0 Å². The Hall–Kier alpha value is 0.910. The summed E-state index contributed by atoms with van der Waals surface area (Å²) in [5, 5.41) is 0. The SMILES string of the molecule is O=[S-](=O)O.[Na+]. The minimum Gasteiger partial charge on any atom is -0.439 e. The van der Waals surface area contributed by atoms with Crippen LogP contribution in [0.4, 0.5) is 0 Å². The molecule has 0 aliphatic carbocycles. The van der Waals surface area contributed by atoms with Crippen LogP contribution in [0.1, 0.15) is 0 Å². The van der Waals surface area contributed by atoms with Crippen LogP contribution in [0.3, 0.4) is 0 Å². The van der Waals surface area contributed by atoms with Crippen molar-refractivity contribution in [3.63, 3.8) is 0 Å². The summed E-state index contributed by atoms with van der Waals surface area (Å²) < 4.78 is 24.1. The van der Waals surface area contributed by atoms with Crippen molar-refractivity contribution in [2.24, 2.45) is 0 Å². The fourth-order valence-corrected chi connectivity index (χ4v) is 0. The van der Waals surface area contributed by atoms with Crippen LogP contribution >= 0.6 is 0 Å². The maximum atomic E-state index is 8.56. The van der Waals surface area contributed by atoms with Crippen molar-refractivity contribution in [2.75, 3.05) is 0 Å². The molecule has 26 valence electrons. The average Bonchev–Trinajstić information content (AvgIpc) is 0.811. The van der Waals surface area contributed by atoms with E-state index < -0.39 is 11.0 Å². The summed E-state index contributed by atoms with van der Waals surface area (Å²) in [5.41, 5.74) is 0. The third-order valence-corrected chi connectivity index (χ3v) is 0. The summed E-state index contributed by atoms with van der Waals surface area (Å²) in [4.78, 5) is 0. The fraction of sp³-hybridized carbons (Fsp3) is 0. The second kappa shape index (κ2) is 4.91. The van der Waals surface area contributed by atoms with Crippen LogP contribution in [-0.4, -0.2) is 4.55 Å². The third kappa shape index (κ3) is 50.2. The molecule has 0 unspecified atom stereocenters. The molecule has 0 spiro atoms. The minimum absolute atomic E-state index is 0. The molecule has 0 aromatic carbocycles. The predicted molar refractivity (Wildman–Crippen MR) is 11.4 cm³/mol. The molecule has 0 aromatic heterocycles. The number of rotatable bonds is 0. The van der Waals surface area contributed by atoms with Crippen molar-refractivity contribution in [1.29, 1.82) is 0 Å². The van der Waals surface area contributed by atoms with Crippen molar-refractivity contribution in [2.45, 2.75) is 0 Å². The maximum absolute atomic E-state index is 8.56. The van der Waals surface area contributed by atoms with E-state index in [0.717, 1.165) is 0 Å². The largest absolute Gasteiger partial charge is 1.00 e. The van der Waals surface area contributed by atoms with E-state index in [0.29, 0.717) is 0 Å². The zero-order valence-electron chi connectivity index (χ0n) is 2.67. The van der Waals surface area contributed by atoms with Gasteiger partial charge in [-0.05, 0) is 0 Å². The van der Waals surface area contributed by atoms with Gasteiger partial charge < -0.3 is 13.0 Å². The van der Waals surface area contributed by atoms with Crippen molar-refractivity contribution in [3.05, 3.63) is 0 Å². The summed E-state index contributed by atoms with van der Waals surface area (Å²) in [7, 11) is -2.86. The number of hydrogen-bond acceptors (Lipinski definition) is 3.